The molecule has 2 fully saturated rings. The number of likely N-dealkylation sites (tertiary alicyclic amines) is 1. The molecule has 1 saturated heterocycles. The van der Waals surface area contributed by atoms with E-state index in [1.807, 2.05) is 4.90 Å². The van der Waals surface area contributed by atoms with Gasteiger partial charge in [-0.1, -0.05) is 13.0 Å². The van der Waals surface area contributed by atoms with Gasteiger partial charge in [0.05, 0.1) is 11.0 Å². The van der Waals surface area contributed by atoms with Crippen molar-refractivity contribution in [2.75, 3.05) is 26.2 Å². The predicted octanol–water partition coefficient (Wildman–Crippen LogP) is 2.31. The summed E-state index contributed by atoms with van der Waals surface area (Å²) in [4.78, 5) is 12.0. The Morgan fingerprint density at radius 2 is 2.29 bits per heavy atom. The highest BCUT2D eigenvalue weighted by molar-refractivity contribution is 5.37. The molecule has 3 atom stereocenters. The van der Waals surface area contributed by atoms with Crippen LogP contribution in [0.5, 0.6) is 5.75 Å². The molecule has 0 radical (unpaired) electrons. The first kappa shape index (κ1) is 17.0. The second-order valence-electron chi connectivity index (χ2n) is 6.82. The van der Waals surface area contributed by atoms with Crippen molar-refractivity contribution in [3.05, 3.63) is 34.4 Å². The SMILES string of the molecule is CC12CCN(CC(O)COc3cccc([N+](=O)[O-])c3)CC1C2(F)F. The summed E-state index contributed by atoms with van der Waals surface area (Å²) in [5, 5.41) is 20.7. The summed E-state index contributed by atoms with van der Waals surface area (Å²) in [6, 6.07) is 5.70. The quantitative estimate of drug-likeness (QED) is 0.634. The lowest BCUT2D eigenvalue weighted by Crippen LogP contribution is -2.41. The van der Waals surface area contributed by atoms with Gasteiger partial charge in [-0.15, -0.1) is 0 Å². The van der Waals surface area contributed by atoms with Crippen LogP contribution < -0.4 is 4.74 Å². The minimum atomic E-state index is -2.60. The summed E-state index contributed by atoms with van der Waals surface area (Å²) in [7, 11) is 0. The van der Waals surface area contributed by atoms with Gasteiger partial charge in [-0.25, -0.2) is 8.78 Å². The van der Waals surface area contributed by atoms with Gasteiger partial charge in [0.2, 0.25) is 0 Å². The molecule has 1 aliphatic heterocycles. The van der Waals surface area contributed by atoms with Crippen molar-refractivity contribution < 1.29 is 23.5 Å². The maximum atomic E-state index is 13.7. The van der Waals surface area contributed by atoms with Gasteiger partial charge in [-0.2, -0.15) is 0 Å². The van der Waals surface area contributed by atoms with Crippen molar-refractivity contribution in [2.45, 2.75) is 25.4 Å². The van der Waals surface area contributed by atoms with Crippen LogP contribution in [0.15, 0.2) is 24.3 Å². The number of aliphatic hydroxyl groups is 1. The van der Waals surface area contributed by atoms with Gasteiger partial charge in [0.15, 0.2) is 0 Å². The summed E-state index contributed by atoms with van der Waals surface area (Å²) < 4.78 is 32.8. The van der Waals surface area contributed by atoms with E-state index in [9.17, 15) is 24.0 Å². The highest BCUT2D eigenvalue weighted by Crippen LogP contribution is 2.69. The fraction of sp³-hybridized carbons (Fsp3) is 0.625. The van der Waals surface area contributed by atoms with Gasteiger partial charge in [0, 0.05) is 30.5 Å². The van der Waals surface area contributed by atoms with E-state index in [2.05, 4.69) is 0 Å². The summed E-state index contributed by atoms with van der Waals surface area (Å²) >= 11 is 0. The molecule has 1 aromatic carbocycles. The topological polar surface area (TPSA) is 75.8 Å². The van der Waals surface area contributed by atoms with Crippen molar-refractivity contribution in [3.8, 4) is 5.75 Å². The number of alkyl halides is 2. The lowest BCUT2D eigenvalue weighted by molar-refractivity contribution is -0.384. The van der Waals surface area contributed by atoms with Crippen LogP contribution in [0.4, 0.5) is 14.5 Å². The van der Waals surface area contributed by atoms with E-state index in [0.717, 1.165) is 0 Å². The summed E-state index contributed by atoms with van der Waals surface area (Å²) in [5.41, 5.74) is -0.971. The Labute approximate surface area is 138 Å². The van der Waals surface area contributed by atoms with Gasteiger partial charge in [-0.05, 0) is 19.0 Å². The molecule has 1 saturated carbocycles. The average Bonchev–Trinajstić information content (AvgIpc) is 2.98. The Balaban J connectivity index is 1.48. The monoisotopic (exact) mass is 342 g/mol. The first-order valence-corrected chi connectivity index (χ1v) is 7.89. The van der Waals surface area contributed by atoms with E-state index in [4.69, 9.17) is 4.74 Å². The summed E-state index contributed by atoms with van der Waals surface area (Å²) in [5.74, 6) is -2.95. The number of benzene rings is 1. The average molecular weight is 342 g/mol. The molecule has 24 heavy (non-hydrogen) atoms. The molecule has 0 amide bonds. The highest BCUT2D eigenvalue weighted by Gasteiger charge is 2.78. The molecular weight excluding hydrogens is 322 g/mol. The molecule has 132 valence electrons. The normalized spacial score (nSPS) is 29.6. The van der Waals surface area contributed by atoms with Gasteiger partial charge < -0.3 is 14.7 Å². The minimum absolute atomic E-state index is 0.0456. The number of halogens is 2. The number of nitro groups is 1. The van der Waals surface area contributed by atoms with Gasteiger partial charge >= 0.3 is 0 Å². The van der Waals surface area contributed by atoms with E-state index < -0.39 is 28.3 Å². The van der Waals surface area contributed by atoms with Crippen molar-refractivity contribution in [1.82, 2.24) is 4.90 Å². The zero-order chi connectivity index (χ0) is 17.5. The van der Waals surface area contributed by atoms with E-state index in [-0.39, 0.29) is 25.4 Å². The Morgan fingerprint density at radius 1 is 1.54 bits per heavy atom. The number of aliphatic hydroxyl groups excluding tert-OH is 1. The molecule has 3 rings (SSSR count). The summed E-state index contributed by atoms with van der Waals surface area (Å²) in [6.07, 6.45) is -0.427. The third-order valence-corrected chi connectivity index (χ3v) is 5.21. The number of hydrogen-bond acceptors (Lipinski definition) is 5. The Kier molecular flexibility index (Phi) is 4.21. The largest absolute Gasteiger partial charge is 0.491 e. The third-order valence-electron chi connectivity index (χ3n) is 5.21. The predicted molar refractivity (Wildman–Crippen MR) is 82.2 cm³/mol. The van der Waals surface area contributed by atoms with Crippen LogP contribution in [0.25, 0.3) is 0 Å². The molecule has 0 spiro atoms. The van der Waals surface area contributed by atoms with Crippen molar-refractivity contribution >= 4 is 5.69 Å². The molecule has 6 nitrogen and oxygen atoms in total. The minimum Gasteiger partial charge on any atom is -0.491 e. The van der Waals surface area contributed by atoms with Crippen molar-refractivity contribution in [3.63, 3.8) is 0 Å². The molecule has 1 heterocycles. The first-order valence-electron chi connectivity index (χ1n) is 7.89. The zero-order valence-corrected chi connectivity index (χ0v) is 13.3. The standard InChI is InChI=1S/C16H20F2N2O4/c1-15-5-6-19(9-14(15)16(15,17)18)8-12(21)10-24-13-4-2-3-11(7-13)20(22)23/h2-4,7,12,14,21H,5-6,8-10H2,1H3. The number of piperidine rings is 1. The van der Waals surface area contributed by atoms with Crippen LogP contribution in [0.2, 0.25) is 0 Å². The fourth-order valence-corrected chi connectivity index (χ4v) is 3.47. The van der Waals surface area contributed by atoms with Crippen LogP contribution in [0, 0.1) is 21.4 Å². The maximum absolute atomic E-state index is 13.7. The number of β-amino-alcohol motifs (C(OH)–C–C–N with tert-alkyl or cyclic N) is 1. The van der Waals surface area contributed by atoms with Gasteiger partial charge in [-0.3, -0.25) is 10.1 Å². The highest BCUT2D eigenvalue weighted by atomic mass is 19.3. The first-order chi connectivity index (χ1) is 11.2. The van der Waals surface area contributed by atoms with Gasteiger partial charge in [0.1, 0.15) is 18.5 Å². The van der Waals surface area contributed by atoms with Crippen molar-refractivity contribution in [1.29, 1.82) is 0 Å². The molecule has 1 aromatic rings. The van der Waals surface area contributed by atoms with Gasteiger partial charge in [0.25, 0.3) is 11.6 Å². The molecule has 0 aromatic heterocycles. The fourth-order valence-electron chi connectivity index (χ4n) is 3.47. The van der Waals surface area contributed by atoms with Crippen LogP contribution in [-0.4, -0.2) is 53.2 Å². The van der Waals surface area contributed by atoms with Crippen LogP contribution in [0.3, 0.4) is 0 Å². The Bertz CT molecular complexity index is 642. The Hall–Kier alpha value is -1.80. The number of nitro benzene ring substituents is 1. The number of fused-ring (bicyclic) bond motifs is 1. The van der Waals surface area contributed by atoms with E-state index in [0.29, 0.717) is 18.7 Å². The van der Waals surface area contributed by atoms with E-state index in [1.54, 1.807) is 13.0 Å². The molecule has 2 aliphatic rings. The van der Waals surface area contributed by atoms with E-state index in [1.165, 1.54) is 18.2 Å². The lowest BCUT2D eigenvalue weighted by Gasteiger charge is -2.29. The maximum Gasteiger partial charge on any atom is 0.273 e. The molecule has 3 unspecified atom stereocenters. The third kappa shape index (κ3) is 2.95. The number of non-ortho nitro benzene ring substituents is 1. The van der Waals surface area contributed by atoms with Crippen LogP contribution >= 0.6 is 0 Å². The number of ether oxygens (including phenoxy) is 1. The second-order valence-corrected chi connectivity index (χ2v) is 6.82. The lowest BCUT2D eigenvalue weighted by atomic mass is 9.97. The van der Waals surface area contributed by atoms with E-state index >= 15 is 0 Å². The smallest absolute Gasteiger partial charge is 0.273 e. The molecular formula is C16H20F2N2O4. The molecule has 1 aliphatic carbocycles. The second kappa shape index (κ2) is 5.93. The van der Waals surface area contributed by atoms with Crippen LogP contribution in [0.1, 0.15) is 13.3 Å². The van der Waals surface area contributed by atoms with Crippen LogP contribution in [-0.2, 0) is 0 Å². The molecule has 8 heteroatoms. The number of hydrogen-bond donors (Lipinski definition) is 1. The molecule has 1 N–H and O–H groups in total. The van der Waals surface area contributed by atoms with Crippen molar-refractivity contribution in [2.24, 2.45) is 11.3 Å². The Morgan fingerprint density at radius 3 is 2.96 bits per heavy atom. The molecule has 0 bridgehead atoms. The summed E-state index contributed by atoms with van der Waals surface area (Å²) in [6.45, 7) is 2.62. The number of rotatable bonds is 6. The number of nitrogens with zero attached hydrogens (tertiary/aromatic N) is 2. The zero-order valence-electron chi connectivity index (χ0n) is 13.3.